The first-order valence-corrected chi connectivity index (χ1v) is 9.44. The zero-order valence-corrected chi connectivity index (χ0v) is 15.8. The summed E-state index contributed by atoms with van der Waals surface area (Å²) in [5.74, 6) is -1.77. The summed E-state index contributed by atoms with van der Waals surface area (Å²) in [5.41, 5.74) is 0.519. The van der Waals surface area contributed by atoms with E-state index in [9.17, 15) is 18.0 Å². The molecular formula is C20H27F3N2O2. The smallest absolute Gasteiger partial charge is 0.384 e. The van der Waals surface area contributed by atoms with Crippen LogP contribution in [0.15, 0.2) is 30.3 Å². The van der Waals surface area contributed by atoms with Crippen molar-refractivity contribution in [2.45, 2.75) is 50.4 Å². The highest BCUT2D eigenvalue weighted by Crippen LogP contribution is 2.49. The summed E-state index contributed by atoms with van der Waals surface area (Å²) >= 11 is 0. The first-order valence-electron chi connectivity index (χ1n) is 9.44. The second-order valence-electron chi connectivity index (χ2n) is 7.75. The summed E-state index contributed by atoms with van der Waals surface area (Å²) < 4.78 is 45.6. The molecule has 4 nitrogen and oxygen atoms in total. The third kappa shape index (κ3) is 4.14. The zero-order valence-electron chi connectivity index (χ0n) is 15.8. The lowest BCUT2D eigenvalue weighted by molar-refractivity contribution is -0.192. The average molecular weight is 384 g/mol. The molecule has 27 heavy (non-hydrogen) atoms. The van der Waals surface area contributed by atoms with Crippen LogP contribution in [0.1, 0.15) is 37.7 Å². The number of ether oxygens (including phenoxy) is 1. The van der Waals surface area contributed by atoms with Gasteiger partial charge in [0.15, 0.2) is 0 Å². The highest BCUT2D eigenvalue weighted by Gasteiger charge is 2.56. The molecule has 1 saturated heterocycles. The maximum atomic E-state index is 13.4. The highest BCUT2D eigenvalue weighted by atomic mass is 19.4. The first-order chi connectivity index (χ1) is 12.8. The van der Waals surface area contributed by atoms with Gasteiger partial charge in [-0.2, -0.15) is 13.2 Å². The van der Waals surface area contributed by atoms with Gasteiger partial charge in [0.25, 0.3) is 0 Å². The number of alkyl halides is 3. The Kier molecular flexibility index (Phi) is 5.82. The van der Waals surface area contributed by atoms with E-state index in [1.54, 1.807) is 14.0 Å². The van der Waals surface area contributed by atoms with Gasteiger partial charge in [0.05, 0.1) is 6.61 Å². The molecule has 1 aliphatic heterocycles. The molecule has 0 aromatic heterocycles. The Morgan fingerprint density at radius 2 is 1.93 bits per heavy atom. The summed E-state index contributed by atoms with van der Waals surface area (Å²) in [4.78, 5) is 13.5. The largest absolute Gasteiger partial charge is 0.471 e. The fourth-order valence-corrected chi connectivity index (χ4v) is 4.50. The van der Waals surface area contributed by atoms with Gasteiger partial charge >= 0.3 is 12.1 Å². The van der Waals surface area contributed by atoms with Gasteiger partial charge < -0.3 is 15.0 Å². The van der Waals surface area contributed by atoms with Gasteiger partial charge in [0, 0.05) is 30.5 Å². The molecule has 1 saturated carbocycles. The van der Waals surface area contributed by atoms with Crippen LogP contribution in [-0.4, -0.2) is 55.9 Å². The molecule has 0 spiro atoms. The number of hydrogen-bond acceptors (Lipinski definition) is 3. The molecule has 2 aliphatic rings. The van der Waals surface area contributed by atoms with Crippen molar-refractivity contribution < 1.29 is 22.7 Å². The van der Waals surface area contributed by atoms with E-state index in [1.807, 2.05) is 30.3 Å². The van der Waals surface area contributed by atoms with Crippen molar-refractivity contribution in [2.75, 3.05) is 26.8 Å². The Morgan fingerprint density at radius 1 is 1.30 bits per heavy atom. The number of piperidine rings is 1. The number of amides is 1. The normalized spacial score (nSPS) is 25.7. The Labute approximate surface area is 158 Å². The van der Waals surface area contributed by atoms with Gasteiger partial charge in [0.2, 0.25) is 0 Å². The standard InChI is InChI=1S/C20H27F3N2O2/c1-14(19(13-27-2)8-10-24-11-9-19)25(18(26)20(21,22)23)17-12-16(17)15-6-4-3-5-7-15/h3-7,14,16-17,24H,8-13H2,1-2H3/t14?,16-,17+/m0/s1. The third-order valence-electron chi connectivity index (χ3n) is 6.15. The SMILES string of the molecule is COCC1(C(C)N(C(=O)C(F)(F)F)[C@@H]2C[C@H]2c2ccccc2)CCNCC1. The zero-order chi connectivity index (χ0) is 19.7. The molecule has 2 fully saturated rings. The number of benzene rings is 1. The van der Waals surface area contributed by atoms with E-state index in [0.717, 1.165) is 10.5 Å². The number of halogens is 3. The molecule has 1 aliphatic carbocycles. The number of carbonyl (C=O) groups excluding carboxylic acids is 1. The molecule has 7 heteroatoms. The van der Waals surface area contributed by atoms with E-state index >= 15 is 0 Å². The van der Waals surface area contributed by atoms with Gasteiger partial charge in [-0.1, -0.05) is 30.3 Å². The van der Waals surface area contributed by atoms with Gasteiger partial charge in [-0.15, -0.1) is 0 Å². The number of nitrogens with one attached hydrogen (secondary N) is 1. The molecule has 0 radical (unpaired) electrons. The van der Waals surface area contributed by atoms with E-state index in [2.05, 4.69) is 5.32 Å². The van der Waals surface area contributed by atoms with Gasteiger partial charge in [-0.05, 0) is 44.8 Å². The molecular weight excluding hydrogens is 357 g/mol. The van der Waals surface area contributed by atoms with Gasteiger partial charge in [-0.25, -0.2) is 0 Å². The lowest BCUT2D eigenvalue weighted by Gasteiger charge is -2.47. The third-order valence-corrected chi connectivity index (χ3v) is 6.15. The Bertz CT molecular complexity index is 639. The predicted molar refractivity (Wildman–Crippen MR) is 96.4 cm³/mol. The molecule has 0 bridgehead atoms. The fraction of sp³-hybridized carbons (Fsp3) is 0.650. The van der Waals surface area contributed by atoms with E-state index in [1.165, 1.54) is 0 Å². The molecule has 1 amide bonds. The molecule has 3 atom stereocenters. The lowest BCUT2D eigenvalue weighted by Crippen LogP contribution is -2.58. The minimum absolute atomic E-state index is 0.0405. The second-order valence-corrected chi connectivity index (χ2v) is 7.75. The topological polar surface area (TPSA) is 41.6 Å². The van der Waals surface area contributed by atoms with Crippen LogP contribution in [0.2, 0.25) is 0 Å². The highest BCUT2D eigenvalue weighted by molar-refractivity contribution is 5.83. The summed E-state index contributed by atoms with van der Waals surface area (Å²) in [7, 11) is 1.57. The van der Waals surface area contributed by atoms with Crippen molar-refractivity contribution in [2.24, 2.45) is 5.41 Å². The average Bonchev–Trinajstić information content (AvgIpc) is 3.43. The fourth-order valence-electron chi connectivity index (χ4n) is 4.50. The van der Waals surface area contributed by atoms with Crippen molar-refractivity contribution in [3.05, 3.63) is 35.9 Å². The van der Waals surface area contributed by atoms with Crippen LogP contribution in [0.5, 0.6) is 0 Å². The lowest BCUT2D eigenvalue weighted by atomic mass is 9.73. The van der Waals surface area contributed by atoms with Crippen molar-refractivity contribution in [3.63, 3.8) is 0 Å². The second kappa shape index (κ2) is 7.80. The van der Waals surface area contributed by atoms with Crippen LogP contribution in [0.25, 0.3) is 0 Å². The van der Waals surface area contributed by atoms with Crippen LogP contribution >= 0.6 is 0 Å². The monoisotopic (exact) mass is 384 g/mol. The Hall–Kier alpha value is -1.60. The summed E-state index contributed by atoms with van der Waals surface area (Å²) in [6.45, 7) is 3.54. The summed E-state index contributed by atoms with van der Waals surface area (Å²) in [6.07, 6.45) is -2.94. The summed E-state index contributed by atoms with van der Waals surface area (Å²) in [5, 5.41) is 3.25. The molecule has 1 unspecified atom stereocenters. The number of rotatable bonds is 6. The minimum Gasteiger partial charge on any atom is -0.384 e. The summed E-state index contributed by atoms with van der Waals surface area (Å²) in [6, 6.07) is 8.51. The maximum absolute atomic E-state index is 13.4. The van der Waals surface area contributed by atoms with Crippen LogP contribution in [0.3, 0.4) is 0 Å². The molecule has 1 N–H and O–H groups in total. The van der Waals surface area contributed by atoms with Crippen molar-refractivity contribution >= 4 is 5.91 Å². The number of carbonyl (C=O) groups is 1. The van der Waals surface area contributed by atoms with Crippen LogP contribution in [-0.2, 0) is 9.53 Å². The van der Waals surface area contributed by atoms with Crippen LogP contribution in [0.4, 0.5) is 13.2 Å². The van der Waals surface area contributed by atoms with Crippen molar-refractivity contribution in [3.8, 4) is 0 Å². The maximum Gasteiger partial charge on any atom is 0.471 e. The van der Waals surface area contributed by atoms with E-state index in [4.69, 9.17) is 4.74 Å². The van der Waals surface area contributed by atoms with E-state index in [-0.39, 0.29) is 5.92 Å². The number of methoxy groups -OCH3 is 1. The van der Waals surface area contributed by atoms with Crippen molar-refractivity contribution in [1.82, 2.24) is 10.2 Å². The Balaban J connectivity index is 1.89. The van der Waals surface area contributed by atoms with Crippen molar-refractivity contribution in [1.29, 1.82) is 0 Å². The van der Waals surface area contributed by atoms with Gasteiger partial charge in [0.1, 0.15) is 0 Å². The van der Waals surface area contributed by atoms with Crippen LogP contribution < -0.4 is 5.32 Å². The van der Waals surface area contributed by atoms with Gasteiger partial charge in [-0.3, -0.25) is 4.79 Å². The molecule has 3 rings (SSSR count). The predicted octanol–water partition coefficient (Wildman–Crippen LogP) is 3.34. The number of hydrogen-bond donors (Lipinski definition) is 1. The van der Waals surface area contributed by atoms with E-state index < -0.39 is 29.6 Å². The quantitative estimate of drug-likeness (QED) is 0.818. The first kappa shape index (κ1) is 20.1. The molecule has 1 aromatic carbocycles. The molecule has 150 valence electrons. The number of nitrogens with zero attached hydrogens (tertiary/aromatic N) is 1. The Morgan fingerprint density at radius 3 is 2.48 bits per heavy atom. The molecule has 1 heterocycles. The van der Waals surface area contributed by atoms with Crippen LogP contribution in [0, 0.1) is 5.41 Å². The molecule has 1 aromatic rings. The minimum atomic E-state index is -4.88. The van der Waals surface area contributed by atoms with E-state index in [0.29, 0.717) is 39.0 Å².